The number of cyclic esters (lactones) is 4. The quantitative estimate of drug-likeness (QED) is 0.0888. The van der Waals surface area contributed by atoms with Crippen LogP contribution < -0.4 is 18.9 Å². The maximum absolute atomic E-state index is 12.6. The third-order valence-electron chi connectivity index (χ3n) is 27.6. The average Bonchev–Trinajstić information content (AvgIpc) is 1.40. The highest BCUT2D eigenvalue weighted by Crippen LogP contribution is 2.67. The Bertz CT molecular complexity index is 7600. The zero-order valence-electron chi connectivity index (χ0n) is 73.8. The largest absolute Gasteiger partial charge is 0.478 e. The van der Waals surface area contributed by atoms with Gasteiger partial charge in [0.2, 0.25) is 0 Å². The maximum atomic E-state index is 12.6. The third-order valence-corrected chi connectivity index (χ3v) is 27.6. The van der Waals surface area contributed by atoms with Crippen molar-refractivity contribution in [3.05, 3.63) is 470 Å². The lowest BCUT2D eigenvalue weighted by atomic mass is 9.65. The number of esters is 4. The van der Waals surface area contributed by atoms with E-state index in [-0.39, 0.29) is 45.0 Å². The van der Waals surface area contributed by atoms with E-state index in [9.17, 15) is 63.6 Å². The Hall–Kier alpha value is -17.5. The van der Waals surface area contributed by atoms with Gasteiger partial charge in [-0.15, -0.1) is 0 Å². The van der Waals surface area contributed by atoms with Gasteiger partial charge in [-0.05, 0) is 263 Å². The number of fused-ring (bicyclic) bond motifs is 32. The zero-order chi connectivity index (χ0) is 93.9. The fourth-order valence-electron chi connectivity index (χ4n) is 20.8. The Morgan fingerprint density at radius 1 is 0.207 bits per heavy atom. The van der Waals surface area contributed by atoms with Gasteiger partial charge in [-0.2, -0.15) is 0 Å². The molecule has 0 fully saturated rings. The molecule has 0 unspecified atom stereocenters. The minimum atomic E-state index is -1.48. The first kappa shape index (κ1) is 84.4. The first-order valence-corrected chi connectivity index (χ1v) is 43.7. The zero-order valence-corrected chi connectivity index (χ0v) is 73.8. The van der Waals surface area contributed by atoms with Gasteiger partial charge in [-0.3, -0.25) is 4.79 Å². The van der Waals surface area contributed by atoms with E-state index in [1.807, 2.05) is 146 Å². The summed E-state index contributed by atoms with van der Waals surface area (Å²) >= 11 is 0. The van der Waals surface area contributed by atoms with Crippen molar-refractivity contribution in [1.29, 1.82) is 0 Å². The molecule has 9 aliphatic rings. The molecule has 0 bridgehead atoms. The van der Waals surface area contributed by atoms with Crippen molar-refractivity contribution < 1.29 is 92.0 Å². The van der Waals surface area contributed by atoms with Gasteiger partial charge in [0.15, 0.2) is 5.78 Å². The second-order valence-electron chi connectivity index (χ2n) is 34.9. The molecular weight excluding hydrogens is 1700 g/mol. The summed E-state index contributed by atoms with van der Waals surface area (Å²) in [6, 6.07) is 96.3. The van der Waals surface area contributed by atoms with Crippen LogP contribution in [0.4, 0.5) is 0 Å². The van der Waals surface area contributed by atoms with Crippen molar-refractivity contribution in [1.82, 2.24) is 0 Å². The van der Waals surface area contributed by atoms with Crippen LogP contribution in [0.15, 0.2) is 303 Å². The van der Waals surface area contributed by atoms with Gasteiger partial charge in [0.05, 0.1) is 60.8 Å². The number of carboxylic acid groups (broad SMARTS) is 4. The number of carbonyl (C=O) groups is 9. The van der Waals surface area contributed by atoms with Crippen molar-refractivity contribution in [3.8, 4) is 90.5 Å². The molecule has 0 saturated carbocycles. The predicted molar refractivity (Wildman–Crippen MR) is 505 cm³/mol. The van der Waals surface area contributed by atoms with Crippen LogP contribution in [0, 0.1) is 55.4 Å². The van der Waals surface area contributed by atoms with Crippen molar-refractivity contribution in [2.24, 2.45) is 0 Å². The van der Waals surface area contributed by atoms with Gasteiger partial charge in [0, 0.05) is 44.5 Å². The summed E-state index contributed by atoms with van der Waals surface area (Å²) in [4.78, 5) is 110. The molecule has 0 amide bonds. The third kappa shape index (κ3) is 12.9. The number of benzene rings is 16. The Morgan fingerprint density at radius 3 is 0.719 bits per heavy atom. The van der Waals surface area contributed by atoms with E-state index in [2.05, 4.69) is 152 Å². The van der Waals surface area contributed by atoms with E-state index in [1.54, 1.807) is 24.3 Å². The summed E-state index contributed by atoms with van der Waals surface area (Å²) < 4.78 is 34.5. The van der Waals surface area contributed by atoms with Gasteiger partial charge in [-0.1, -0.05) is 218 Å². The molecule has 5 aliphatic heterocycles. The summed E-state index contributed by atoms with van der Waals surface area (Å²) in [6.45, 7) is 17.1. The second-order valence-corrected chi connectivity index (χ2v) is 34.9. The highest BCUT2D eigenvalue weighted by Gasteiger charge is 2.57. The molecule has 19 nitrogen and oxygen atoms in total. The van der Waals surface area contributed by atoms with Gasteiger partial charge >= 0.3 is 47.8 Å². The Kier molecular flexibility index (Phi) is 19.8. The molecular formula is C116H78O19. The van der Waals surface area contributed by atoms with Crippen molar-refractivity contribution in [2.45, 2.75) is 71.6 Å². The van der Waals surface area contributed by atoms with E-state index >= 15 is 0 Å². The minimum Gasteiger partial charge on any atom is -0.478 e. The molecule has 0 radical (unpaired) electrons. The van der Waals surface area contributed by atoms with E-state index in [1.165, 1.54) is 102 Å². The molecule has 3 spiro atoms. The highest BCUT2D eigenvalue weighted by molar-refractivity contribution is 6.22. The first-order chi connectivity index (χ1) is 65.1. The molecule has 25 rings (SSSR count). The number of aryl methyl sites for hydroxylation is 8. The predicted octanol–water partition coefficient (Wildman–Crippen LogP) is 24.7. The van der Waals surface area contributed by atoms with E-state index in [0.717, 1.165) is 90.8 Å². The lowest BCUT2D eigenvalue weighted by Gasteiger charge is -2.40. The molecule has 19 heteroatoms. The number of rotatable bonds is 6. The van der Waals surface area contributed by atoms with Crippen LogP contribution in [-0.2, 0) is 25.7 Å². The first-order valence-electron chi connectivity index (χ1n) is 43.7. The number of carboxylic acids is 4. The van der Waals surface area contributed by atoms with Crippen LogP contribution in [-0.4, -0.2) is 74.0 Å². The average molecular weight is 1780 g/mol. The van der Waals surface area contributed by atoms with Gasteiger partial charge in [-0.25, -0.2) is 38.4 Å². The summed E-state index contributed by atoms with van der Waals surface area (Å²) in [7, 11) is 0. The van der Waals surface area contributed by atoms with Gasteiger partial charge < -0.3 is 48.8 Å². The standard InChI is InChI=1S/C29H16O9.C29H12O7.C29H24O.C16H18O.C13H8O/c30-25(31)15-9-21-23(11-17(15)27(34)35)38-24-12-18(28(36)37)16(26(32)33)10-22(24)29(21)19-7-3-1-5-13(19)14-6-2-4-8-20(14)29;30-25-15-9-21-23(11-17(15)27(32)35-25)34-24-12-18-16(26(31)36-28(18)33)10-22(24)29(21)19-7-3-1-5-13(19)14-6-2-4-8-20(14)29;1-17-13-25-27(15-19(17)3)30-28-16-20(4)18(2)14-26(28)29(25)23-11-7-5-9-21(23)22-10-6-8-12-24(22)29;1-11-5-7-15(9-13(11)3)17-16-8-6-12(2)14(4)10-16;14-13-11-7-3-1-5-9(11)10-6-2-4-8-12(10)13/h1-12H,(H,30,31)(H,32,33)(H,34,35)(H,36,37);1-12H;5-16H,1-4H3;5-10H,1-4H3;1-8H. The summed E-state index contributed by atoms with van der Waals surface area (Å²) in [6.07, 6.45) is 0. The van der Waals surface area contributed by atoms with Crippen LogP contribution in [0.3, 0.4) is 0 Å². The van der Waals surface area contributed by atoms with Crippen LogP contribution in [0.1, 0.15) is 210 Å². The fraction of sp³-hybridized carbons (Fsp3) is 0.0948. The van der Waals surface area contributed by atoms with E-state index in [4.69, 9.17) is 28.4 Å². The Labute approximate surface area is 773 Å². The van der Waals surface area contributed by atoms with Crippen LogP contribution in [0.2, 0.25) is 0 Å². The van der Waals surface area contributed by atoms with Crippen LogP contribution >= 0.6 is 0 Å². The molecule has 0 atom stereocenters. The molecule has 4 N–H and O–H groups in total. The molecule has 135 heavy (non-hydrogen) atoms. The molecule has 656 valence electrons. The van der Waals surface area contributed by atoms with Crippen LogP contribution in [0.5, 0.6) is 46.0 Å². The maximum Gasteiger partial charge on any atom is 0.347 e. The van der Waals surface area contributed by atoms with Crippen LogP contribution in [0.25, 0.3) is 44.5 Å². The van der Waals surface area contributed by atoms with Crippen molar-refractivity contribution >= 4 is 53.5 Å². The molecule has 4 aliphatic carbocycles. The Morgan fingerprint density at radius 2 is 0.430 bits per heavy atom. The monoisotopic (exact) mass is 1770 g/mol. The number of hydrogen-bond acceptors (Lipinski definition) is 15. The number of aromatic carboxylic acids is 4. The van der Waals surface area contributed by atoms with Gasteiger partial charge in [0.25, 0.3) is 0 Å². The smallest absolute Gasteiger partial charge is 0.347 e. The molecule has 5 heterocycles. The lowest BCUT2D eigenvalue weighted by molar-refractivity contribution is 0.0425. The lowest BCUT2D eigenvalue weighted by Crippen LogP contribution is -2.33. The van der Waals surface area contributed by atoms with Gasteiger partial charge in [0.1, 0.15) is 46.0 Å². The highest BCUT2D eigenvalue weighted by atomic mass is 16.6. The topological polar surface area (TPSA) is 290 Å². The SMILES string of the molecule is Cc1cc2c(cc1C)C1(c3cc(C)c(C)cc3O2)c2ccccc2-c2ccccc21.Cc1ccc(Oc2ccc(C)c(C)c2)cc1C.O=C(O)c1cc2c(cc1C(=O)O)C1(c3cc(C(=O)O)c(C(=O)O)cc3O2)c2ccccc2-c2ccccc21.O=C1OC(=O)c2cc3c(cc21)Oc1cc2c(cc1C31c3ccccc3-c3ccccc31)C(=O)OC2=O.O=C1c2ccccc2-c2ccccc21. The minimum absolute atomic E-state index is 0.0193. The number of ketones is 1. The van der Waals surface area contributed by atoms with Crippen molar-refractivity contribution in [2.75, 3.05) is 0 Å². The normalized spacial score (nSPS) is 14.1. The summed E-state index contributed by atoms with van der Waals surface area (Å²) in [5.74, 6) is -4.15. The van der Waals surface area contributed by atoms with Crippen molar-refractivity contribution in [3.63, 3.8) is 0 Å². The van der Waals surface area contributed by atoms with E-state index < -0.39 is 80.8 Å². The number of carbonyl (C=O) groups excluding carboxylic acids is 5. The number of ether oxygens (including phenoxy) is 6. The molecule has 16 aromatic rings. The number of hydrogen-bond donors (Lipinski definition) is 4. The molecule has 0 aromatic heterocycles. The molecule has 0 saturated heterocycles. The second kappa shape index (κ2) is 31.7. The fourth-order valence-corrected chi connectivity index (χ4v) is 20.8. The summed E-state index contributed by atoms with van der Waals surface area (Å²) in [5, 5.41) is 39.3. The Balaban J connectivity index is 0.000000105. The van der Waals surface area contributed by atoms with E-state index in [0.29, 0.717) is 44.9 Å². The summed E-state index contributed by atoms with van der Waals surface area (Å²) in [5.41, 5.74) is 26.4. The molecule has 16 aromatic carbocycles.